The molecule has 2 rings (SSSR count). The fraction of sp³-hybridized carbons (Fsp3) is 0.235. The SMILES string of the molecule is CC(Nc1cc(Oc2ccc(C(F)(F)F)cc2Cl)ccc1[N+](=O)[O-])OCC(=O)O. The van der Waals surface area contributed by atoms with Gasteiger partial charge in [0, 0.05) is 12.1 Å². The second kappa shape index (κ2) is 8.97. The molecule has 0 saturated heterocycles. The van der Waals surface area contributed by atoms with Crippen LogP contribution in [0.5, 0.6) is 11.5 Å². The summed E-state index contributed by atoms with van der Waals surface area (Å²) in [6.07, 6.45) is -5.46. The number of nitrogens with one attached hydrogen (secondary N) is 1. The van der Waals surface area contributed by atoms with Crippen molar-refractivity contribution in [2.75, 3.05) is 11.9 Å². The molecule has 2 aromatic rings. The molecular weight excluding hydrogens is 421 g/mol. The minimum atomic E-state index is -4.57. The maximum absolute atomic E-state index is 12.7. The molecular formula is C17H14ClF3N2O6. The molecule has 0 aromatic heterocycles. The number of nitro groups is 1. The second-order valence-electron chi connectivity index (χ2n) is 5.67. The van der Waals surface area contributed by atoms with Gasteiger partial charge in [-0.05, 0) is 31.2 Å². The maximum Gasteiger partial charge on any atom is 0.416 e. The molecule has 0 fully saturated rings. The van der Waals surface area contributed by atoms with Gasteiger partial charge in [-0.1, -0.05) is 11.6 Å². The van der Waals surface area contributed by atoms with Crippen LogP contribution in [0.15, 0.2) is 36.4 Å². The van der Waals surface area contributed by atoms with Crippen molar-refractivity contribution in [2.24, 2.45) is 0 Å². The summed E-state index contributed by atoms with van der Waals surface area (Å²) >= 11 is 5.84. The standard InChI is InChI=1S/C17H14ClF3N2O6/c1-9(28-8-16(24)25)22-13-7-11(3-4-14(13)23(26)27)29-15-5-2-10(6-12(15)18)17(19,20)21/h2-7,9,22H,8H2,1H3,(H,24,25). The number of anilines is 1. The summed E-state index contributed by atoms with van der Waals surface area (Å²) in [4.78, 5) is 21.0. The first-order valence-electron chi connectivity index (χ1n) is 7.90. The lowest BCUT2D eigenvalue weighted by Crippen LogP contribution is -2.23. The highest BCUT2D eigenvalue weighted by molar-refractivity contribution is 6.32. The molecule has 2 N–H and O–H groups in total. The average molecular weight is 435 g/mol. The van der Waals surface area contributed by atoms with E-state index in [-0.39, 0.29) is 27.9 Å². The predicted molar refractivity (Wildman–Crippen MR) is 96.3 cm³/mol. The normalized spacial score (nSPS) is 12.3. The van der Waals surface area contributed by atoms with Crippen LogP contribution in [-0.4, -0.2) is 28.8 Å². The van der Waals surface area contributed by atoms with Crippen molar-refractivity contribution in [1.29, 1.82) is 0 Å². The summed E-state index contributed by atoms with van der Waals surface area (Å²) in [6.45, 7) is 0.812. The van der Waals surface area contributed by atoms with Gasteiger partial charge in [0.25, 0.3) is 5.69 Å². The molecule has 0 heterocycles. The third kappa shape index (κ3) is 6.22. The molecule has 0 spiro atoms. The Kier molecular flexibility index (Phi) is 6.88. The van der Waals surface area contributed by atoms with Crippen molar-refractivity contribution in [1.82, 2.24) is 0 Å². The molecule has 8 nitrogen and oxygen atoms in total. The number of benzene rings is 2. The van der Waals surface area contributed by atoms with E-state index in [1.165, 1.54) is 19.1 Å². The number of carboxylic acid groups (broad SMARTS) is 1. The Bertz CT molecular complexity index is 923. The Morgan fingerprint density at radius 1 is 1.31 bits per heavy atom. The van der Waals surface area contributed by atoms with Gasteiger partial charge >= 0.3 is 12.1 Å². The van der Waals surface area contributed by atoms with E-state index >= 15 is 0 Å². The smallest absolute Gasteiger partial charge is 0.416 e. The first kappa shape index (κ1) is 22.2. The molecule has 156 valence electrons. The molecule has 0 saturated carbocycles. The average Bonchev–Trinajstić information content (AvgIpc) is 2.60. The van der Waals surface area contributed by atoms with Gasteiger partial charge in [0.15, 0.2) is 0 Å². The number of rotatable bonds is 8. The van der Waals surface area contributed by atoms with Gasteiger partial charge in [0.1, 0.15) is 30.0 Å². The van der Waals surface area contributed by atoms with Gasteiger partial charge in [-0.25, -0.2) is 4.79 Å². The predicted octanol–water partition coefficient (Wildman–Crippen LogP) is 4.92. The number of carbonyl (C=O) groups is 1. The largest absolute Gasteiger partial charge is 0.480 e. The lowest BCUT2D eigenvalue weighted by molar-refractivity contribution is -0.384. The van der Waals surface area contributed by atoms with Crippen molar-refractivity contribution < 1.29 is 37.5 Å². The zero-order valence-electron chi connectivity index (χ0n) is 14.7. The summed E-state index contributed by atoms with van der Waals surface area (Å²) in [6, 6.07) is 6.07. The summed E-state index contributed by atoms with van der Waals surface area (Å²) in [7, 11) is 0. The zero-order chi connectivity index (χ0) is 21.8. The van der Waals surface area contributed by atoms with Gasteiger partial charge in [-0.15, -0.1) is 0 Å². The van der Waals surface area contributed by atoms with E-state index in [4.69, 9.17) is 26.2 Å². The van der Waals surface area contributed by atoms with Crippen LogP contribution in [0.3, 0.4) is 0 Å². The lowest BCUT2D eigenvalue weighted by Gasteiger charge is -2.16. The molecule has 0 radical (unpaired) electrons. The summed E-state index contributed by atoms with van der Waals surface area (Å²) in [5.41, 5.74) is -1.35. The summed E-state index contributed by atoms with van der Waals surface area (Å²) < 4.78 is 48.5. The molecule has 0 aliphatic rings. The molecule has 2 aromatic carbocycles. The number of halogens is 4. The summed E-state index contributed by atoms with van der Waals surface area (Å²) in [5.74, 6) is -1.26. The first-order valence-corrected chi connectivity index (χ1v) is 8.28. The number of nitrogens with zero attached hydrogens (tertiary/aromatic N) is 1. The highest BCUT2D eigenvalue weighted by Gasteiger charge is 2.31. The first-order chi connectivity index (χ1) is 13.5. The van der Waals surface area contributed by atoms with E-state index in [9.17, 15) is 28.1 Å². The third-order valence-electron chi connectivity index (χ3n) is 3.47. The van der Waals surface area contributed by atoms with E-state index in [2.05, 4.69) is 5.32 Å². The Balaban J connectivity index is 2.26. The minimum absolute atomic E-state index is 0.0465. The van der Waals surface area contributed by atoms with Crippen molar-refractivity contribution >= 4 is 28.9 Å². The quantitative estimate of drug-likeness (QED) is 0.344. The third-order valence-corrected chi connectivity index (χ3v) is 3.76. The van der Waals surface area contributed by atoms with Crippen LogP contribution in [0.1, 0.15) is 12.5 Å². The van der Waals surface area contributed by atoms with E-state index in [0.29, 0.717) is 6.07 Å². The fourth-order valence-electron chi connectivity index (χ4n) is 2.20. The Morgan fingerprint density at radius 3 is 2.55 bits per heavy atom. The number of hydrogen-bond donors (Lipinski definition) is 2. The maximum atomic E-state index is 12.7. The van der Waals surface area contributed by atoms with Crippen LogP contribution >= 0.6 is 11.6 Å². The number of nitro benzene ring substituents is 1. The highest BCUT2D eigenvalue weighted by atomic mass is 35.5. The van der Waals surface area contributed by atoms with Crippen molar-refractivity contribution in [3.05, 3.63) is 57.1 Å². The molecule has 1 atom stereocenters. The van der Waals surface area contributed by atoms with Crippen LogP contribution in [0.4, 0.5) is 24.5 Å². The van der Waals surface area contributed by atoms with Crippen molar-refractivity contribution in [3.8, 4) is 11.5 Å². The van der Waals surface area contributed by atoms with Gasteiger partial charge in [0.2, 0.25) is 0 Å². The van der Waals surface area contributed by atoms with Crippen LogP contribution in [0.2, 0.25) is 5.02 Å². The van der Waals surface area contributed by atoms with Crippen molar-refractivity contribution in [2.45, 2.75) is 19.3 Å². The fourth-order valence-corrected chi connectivity index (χ4v) is 2.42. The lowest BCUT2D eigenvalue weighted by atomic mass is 10.2. The molecule has 0 aliphatic heterocycles. The number of alkyl halides is 3. The van der Waals surface area contributed by atoms with Crippen LogP contribution in [0, 0.1) is 10.1 Å². The highest BCUT2D eigenvalue weighted by Crippen LogP contribution is 2.38. The zero-order valence-corrected chi connectivity index (χ0v) is 15.5. The topological polar surface area (TPSA) is 111 Å². The molecule has 0 aliphatic carbocycles. The van der Waals surface area contributed by atoms with Gasteiger partial charge in [-0.3, -0.25) is 10.1 Å². The van der Waals surface area contributed by atoms with Crippen LogP contribution < -0.4 is 10.1 Å². The summed E-state index contributed by atoms with van der Waals surface area (Å²) in [5, 5.41) is 22.1. The number of hydrogen-bond acceptors (Lipinski definition) is 6. The Labute approximate surface area is 166 Å². The molecule has 29 heavy (non-hydrogen) atoms. The van der Waals surface area contributed by atoms with Gasteiger partial charge in [-0.2, -0.15) is 13.2 Å². The van der Waals surface area contributed by atoms with E-state index in [1.54, 1.807) is 0 Å². The van der Waals surface area contributed by atoms with E-state index < -0.39 is 35.5 Å². The van der Waals surface area contributed by atoms with Crippen molar-refractivity contribution in [3.63, 3.8) is 0 Å². The molecule has 0 bridgehead atoms. The monoisotopic (exact) mass is 434 g/mol. The van der Waals surface area contributed by atoms with Crippen LogP contribution in [0.25, 0.3) is 0 Å². The van der Waals surface area contributed by atoms with E-state index in [1.807, 2.05) is 0 Å². The number of carboxylic acids is 1. The Hall–Kier alpha value is -3.05. The minimum Gasteiger partial charge on any atom is -0.480 e. The second-order valence-corrected chi connectivity index (χ2v) is 6.08. The van der Waals surface area contributed by atoms with Gasteiger partial charge < -0.3 is 19.9 Å². The van der Waals surface area contributed by atoms with E-state index in [0.717, 1.165) is 18.2 Å². The van der Waals surface area contributed by atoms with Gasteiger partial charge in [0.05, 0.1) is 15.5 Å². The van der Waals surface area contributed by atoms with Crippen LogP contribution in [-0.2, 0) is 15.7 Å². The molecule has 1 unspecified atom stereocenters. The Morgan fingerprint density at radius 2 is 2.00 bits per heavy atom. The molecule has 0 amide bonds. The number of ether oxygens (including phenoxy) is 2. The molecule has 12 heteroatoms. The number of aliphatic carboxylic acids is 1.